The number of hydrogen-bond donors (Lipinski definition) is 5. The van der Waals surface area contributed by atoms with Crippen LogP contribution < -0.4 is 16.0 Å². The lowest BCUT2D eigenvalue weighted by Gasteiger charge is -2.36. The Balaban J connectivity index is 2.21. The summed E-state index contributed by atoms with van der Waals surface area (Å²) in [6, 6.07) is 3.54. The number of esters is 1. The zero-order chi connectivity index (χ0) is 35.3. The van der Waals surface area contributed by atoms with Crippen molar-refractivity contribution >= 4 is 53.3 Å². The number of ether oxygens (including phenoxy) is 2. The zero-order valence-electron chi connectivity index (χ0n) is 26.6. The van der Waals surface area contributed by atoms with Crippen LogP contribution in [0.2, 0.25) is 0 Å². The summed E-state index contributed by atoms with van der Waals surface area (Å²) in [4.78, 5) is 89.2. The summed E-state index contributed by atoms with van der Waals surface area (Å²) >= 11 is 5.95. The second-order valence-electron chi connectivity index (χ2n) is 11.8. The van der Waals surface area contributed by atoms with Gasteiger partial charge in [-0.15, -0.1) is 0 Å². The van der Waals surface area contributed by atoms with Gasteiger partial charge >= 0.3 is 24.0 Å². The molecule has 1 aromatic rings. The van der Waals surface area contributed by atoms with Gasteiger partial charge in [-0.25, -0.2) is 9.59 Å². The van der Waals surface area contributed by atoms with Crippen molar-refractivity contribution < 1.29 is 53.2 Å². The summed E-state index contributed by atoms with van der Waals surface area (Å²) in [5.74, 6) is -5.91. The normalized spacial score (nSPS) is 16.7. The number of aliphatic carboxylic acids is 2. The van der Waals surface area contributed by atoms with E-state index in [1.807, 2.05) is 0 Å². The van der Waals surface area contributed by atoms with Gasteiger partial charge in [0.15, 0.2) is 0 Å². The quantitative estimate of drug-likeness (QED) is 0.133. The summed E-state index contributed by atoms with van der Waals surface area (Å²) < 4.78 is 9.91. The van der Waals surface area contributed by atoms with E-state index in [2.05, 4.69) is 16.0 Å². The molecule has 47 heavy (non-hydrogen) atoms. The van der Waals surface area contributed by atoms with Crippen molar-refractivity contribution in [2.24, 2.45) is 5.41 Å². The average Bonchev–Trinajstić information content (AvgIpc) is 3.48. The third-order valence-electron chi connectivity index (χ3n) is 6.98. The highest BCUT2D eigenvalue weighted by Gasteiger charge is 2.43. The van der Waals surface area contributed by atoms with Gasteiger partial charge in [0.05, 0.1) is 25.5 Å². The van der Waals surface area contributed by atoms with E-state index in [1.54, 1.807) is 58.0 Å². The Morgan fingerprint density at radius 1 is 0.979 bits per heavy atom. The number of likely N-dealkylation sites (tertiary alicyclic amines) is 1. The SMILES string of the molecule is CCOC(=O)C(Cl)=C[C@H](CC(=O)O)NC(=O)[C@H]1CCCN1C(=O)[C@H](NC(=O)[C@H](CC(=O)O)NC(=O)OCc1ccccc1)C(C)(C)C. The molecule has 0 saturated carbocycles. The first-order valence-electron chi connectivity index (χ1n) is 14.9. The maximum atomic E-state index is 13.9. The van der Waals surface area contributed by atoms with E-state index >= 15 is 0 Å². The topological polar surface area (TPSA) is 218 Å². The Hall–Kier alpha value is -4.66. The number of alkyl carbamates (subject to hydrolysis) is 1. The number of amides is 4. The molecule has 4 amide bonds. The van der Waals surface area contributed by atoms with E-state index in [1.165, 1.54) is 4.90 Å². The molecule has 2 rings (SSSR count). The summed E-state index contributed by atoms with van der Waals surface area (Å²) in [5, 5.41) is 25.6. The van der Waals surface area contributed by atoms with Gasteiger partial charge in [0, 0.05) is 6.54 Å². The Labute approximate surface area is 277 Å². The number of rotatable bonds is 15. The Kier molecular flexibility index (Phi) is 14.7. The second-order valence-corrected chi connectivity index (χ2v) is 12.2. The molecule has 0 aliphatic carbocycles. The number of carbonyl (C=O) groups excluding carboxylic acids is 5. The number of carboxylic acid groups (broad SMARTS) is 2. The van der Waals surface area contributed by atoms with Crippen LogP contribution in [-0.4, -0.2) is 94.2 Å². The van der Waals surface area contributed by atoms with E-state index in [0.29, 0.717) is 12.0 Å². The van der Waals surface area contributed by atoms with E-state index in [0.717, 1.165) is 6.08 Å². The molecule has 4 atom stereocenters. The number of halogens is 1. The summed E-state index contributed by atoms with van der Waals surface area (Å²) in [5.41, 5.74) is -0.281. The maximum absolute atomic E-state index is 13.9. The molecule has 0 bridgehead atoms. The molecule has 258 valence electrons. The Morgan fingerprint density at radius 3 is 2.19 bits per heavy atom. The molecule has 16 heteroatoms. The van der Waals surface area contributed by atoms with Gasteiger partial charge in [-0.2, -0.15) is 0 Å². The molecule has 0 aromatic heterocycles. The molecule has 0 unspecified atom stereocenters. The number of nitrogens with zero attached hydrogens (tertiary/aromatic N) is 1. The molecule has 15 nitrogen and oxygen atoms in total. The van der Waals surface area contributed by atoms with Crippen molar-refractivity contribution in [3.05, 3.63) is 47.0 Å². The van der Waals surface area contributed by atoms with Gasteiger partial charge < -0.3 is 40.5 Å². The highest BCUT2D eigenvalue weighted by Crippen LogP contribution is 2.26. The fourth-order valence-electron chi connectivity index (χ4n) is 4.71. The number of carbonyl (C=O) groups is 7. The van der Waals surface area contributed by atoms with E-state index in [9.17, 15) is 43.8 Å². The maximum Gasteiger partial charge on any atom is 0.408 e. The molecular formula is C31H41ClN4O11. The summed E-state index contributed by atoms with van der Waals surface area (Å²) in [6.45, 7) is 6.54. The summed E-state index contributed by atoms with van der Waals surface area (Å²) in [6.07, 6.45) is -0.793. The standard InChI is InChI=1S/C31H41ClN4O11/c1-5-46-29(44)20(32)14-19(15-23(37)38)33-27(42)22-12-9-13-36(22)28(43)25(31(2,3)4)35-26(41)21(16-24(39)40)34-30(45)47-17-18-10-7-6-8-11-18/h6-8,10-11,14,19,21-22,25H,5,9,12-13,15-17H2,1-4H3,(H,33,42)(H,34,45)(H,35,41)(H,37,38)(H,39,40)/t19-,21+,22-,25+/m1/s1. The number of benzene rings is 1. The van der Waals surface area contributed by atoms with Gasteiger partial charge in [0.25, 0.3) is 0 Å². The summed E-state index contributed by atoms with van der Waals surface area (Å²) in [7, 11) is 0. The minimum absolute atomic E-state index is 0.0228. The molecule has 1 fully saturated rings. The molecule has 0 spiro atoms. The van der Waals surface area contributed by atoms with Crippen LogP contribution in [0.3, 0.4) is 0 Å². The molecular weight excluding hydrogens is 640 g/mol. The van der Waals surface area contributed by atoms with Crippen molar-refractivity contribution in [2.45, 2.75) is 84.2 Å². The smallest absolute Gasteiger partial charge is 0.408 e. The average molecular weight is 681 g/mol. The van der Waals surface area contributed by atoms with Crippen LogP contribution in [0.5, 0.6) is 0 Å². The minimum atomic E-state index is -1.60. The lowest BCUT2D eigenvalue weighted by Crippen LogP contribution is -2.60. The van der Waals surface area contributed by atoms with Gasteiger partial charge in [-0.1, -0.05) is 62.7 Å². The van der Waals surface area contributed by atoms with Crippen LogP contribution in [0.25, 0.3) is 0 Å². The highest BCUT2D eigenvalue weighted by atomic mass is 35.5. The molecule has 1 aromatic carbocycles. The molecule has 1 heterocycles. The predicted molar refractivity (Wildman–Crippen MR) is 167 cm³/mol. The first-order valence-corrected chi connectivity index (χ1v) is 15.3. The van der Waals surface area contributed by atoms with Gasteiger partial charge in [-0.05, 0) is 36.8 Å². The lowest BCUT2D eigenvalue weighted by molar-refractivity contribution is -0.145. The van der Waals surface area contributed by atoms with Crippen molar-refractivity contribution in [1.82, 2.24) is 20.9 Å². The molecule has 1 saturated heterocycles. The van der Waals surface area contributed by atoms with E-state index in [4.69, 9.17) is 21.1 Å². The third kappa shape index (κ3) is 12.6. The van der Waals surface area contributed by atoms with Crippen LogP contribution >= 0.6 is 11.6 Å². The lowest BCUT2D eigenvalue weighted by atomic mass is 9.85. The minimum Gasteiger partial charge on any atom is -0.481 e. The largest absolute Gasteiger partial charge is 0.481 e. The van der Waals surface area contributed by atoms with Crippen molar-refractivity contribution in [1.29, 1.82) is 0 Å². The Bertz CT molecular complexity index is 1350. The molecule has 0 radical (unpaired) electrons. The highest BCUT2D eigenvalue weighted by molar-refractivity contribution is 6.41. The number of hydrogen-bond acceptors (Lipinski definition) is 9. The first-order chi connectivity index (χ1) is 22.0. The van der Waals surface area contributed by atoms with Crippen molar-refractivity contribution in [3.63, 3.8) is 0 Å². The van der Waals surface area contributed by atoms with Crippen molar-refractivity contribution in [3.8, 4) is 0 Å². The van der Waals surface area contributed by atoms with Gasteiger partial charge in [-0.3, -0.25) is 24.0 Å². The Morgan fingerprint density at radius 2 is 1.62 bits per heavy atom. The predicted octanol–water partition coefficient (Wildman–Crippen LogP) is 1.92. The third-order valence-corrected chi connectivity index (χ3v) is 7.26. The first kappa shape index (κ1) is 38.5. The van der Waals surface area contributed by atoms with E-state index < -0.39 is 89.2 Å². The second kappa shape index (κ2) is 17.9. The number of nitrogens with one attached hydrogen (secondary N) is 3. The van der Waals surface area contributed by atoms with Crippen LogP contribution in [0.4, 0.5) is 4.79 Å². The van der Waals surface area contributed by atoms with Crippen LogP contribution in [0.1, 0.15) is 58.9 Å². The fraction of sp³-hybridized carbons (Fsp3) is 0.516. The molecule has 1 aliphatic rings. The van der Waals surface area contributed by atoms with Crippen LogP contribution in [0, 0.1) is 5.41 Å². The van der Waals surface area contributed by atoms with Gasteiger partial charge in [0.1, 0.15) is 29.8 Å². The van der Waals surface area contributed by atoms with E-state index in [-0.39, 0.29) is 26.2 Å². The number of carboxylic acids is 2. The molecule has 1 aliphatic heterocycles. The molecule has 5 N–H and O–H groups in total. The monoisotopic (exact) mass is 680 g/mol. The van der Waals surface area contributed by atoms with Crippen molar-refractivity contribution in [2.75, 3.05) is 13.2 Å². The van der Waals surface area contributed by atoms with Gasteiger partial charge in [0.2, 0.25) is 17.7 Å². The van der Waals surface area contributed by atoms with Crippen LogP contribution in [-0.2, 0) is 44.8 Å². The fourth-order valence-corrected chi connectivity index (χ4v) is 4.92. The van der Waals surface area contributed by atoms with Crippen LogP contribution in [0.15, 0.2) is 41.4 Å². The zero-order valence-corrected chi connectivity index (χ0v) is 27.4.